The molecule has 1 amide bonds. The predicted molar refractivity (Wildman–Crippen MR) is 106 cm³/mol. The number of rotatable bonds is 7. The summed E-state index contributed by atoms with van der Waals surface area (Å²) in [6.45, 7) is 1.76. The van der Waals surface area contributed by atoms with Crippen LogP contribution in [0.3, 0.4) is 0 Å². The number of amides is 1. The minimum Gasteiger partial charge on any atom is -0.413 e. The van der Waals surface area contributed by atoms with Gasteiger partial charge in [-0.1, -0.05) is 0 Å². The summed E-state index contributed by atoms with van der Waals surface area (Å²) in [6.07, 6.45) is -1.96. The van der Waals surface area contributed by atoms with E-state index >= 15 is 0 Å². The summed E-state index contributed by atoms with van der Waals surface area (Å²) in [5, 5.41) is 6.13. The molecule has 1 atom stereocenters. The highest BCUT2D eigenvalue weighted by molar-refractivity contribution is 7.90. The largest absolute Gasteiger partial charge is 0.413 e. The molecule has 3 rings (SSSR count). The van der Waals surface area contributed by atoms with E-state index in [2.05, 4.69) is 20.1 Å². The predicted octanol–water partition coefficient (Wildman–Crippen LogP) is 3.67. The summed E-state index contributed by atoms with van der Waals surface area (Å²) in [7, 11) is -3.64. The second-order valence-electron chi connectivity index (χ2n) is 7.94. The number of halogens is 4. The van der Waals surface area contributed by atoms with Gasteiger partial charge in [0.05, 0.1) is 0 Å². The summed E-state index contributed by atoms with van der Waals surface area (Å²) in [5.41, 5.74) is -0.0726. The van der Waals surface area contributed by atoms with Crippen LogP contribution in [-0.4, -0.2) is 47.4 Å². The Morgan fingerprint density at radius 3 is 2.66 bits per heavy atom. The number of nitrogens with zero attached hydrogens (tertiary/aromatic N) is 3. The average Bonchev–Trinajstić information content (AvgIpc) is 3.12. The van der Waals surface area contributed by atoms with Crippen LogP contribution in [0.4, 0.5) is 23.2 Å². The van der Waals surface area contributed by atoms with E-state index in [1.807, 2.05) is 0 Å². The topological polar surface area (TPSA) is 103 Å². The Bertz CT molecular complexity index is 1130. The van der Waals surface area contributed by atoms with Crippen LogP contribution in [0.1, 0.15) is 42.2 Å². The first-order chi connectivity index (χ1) is 14.6. The number of alkyl halides is 4. The van der Waals surface area contributed by atoms with Gasteiger partial charge < -0.3 is 10.1 Å². The number of hydrogen-bond donors (Lipinski definition) is 1. The fourth-order valence-electron chi connectivity index (χ4n) is 3.54. The van der Waals surface area contributed by atoms with E-state index in [4.69, 9.17) is 0 Å². The molecule has 1 N–H and O–H groups in total. The van der Waals surface area contributed by atoms with E-state index in [1.165, 1.54) is 19.2 Å². The number of sulfone groups is 1. The summed E-state index contributed by atoms with van der Waals surface area (Å²) < 4.78 is 83.0. The Balaban J connectivity index is 1.93. The molecule has 0 bridgehead atoms. The van der Waals surface area contributed by atoms with Gasteiger partial charge in [0.2, 0.25) is 11.8 Å². The second kappa shape index (κ2) is 8.34. The molecule has 0 saturated heterocycles. The number of carbonyl (C=O) groups is 1. The molecule has 2 heterocycles. The number of pyridine rings is 1. The number of hydrogen-bond acceptors (Lipinski definition) is 6. The lowest BCUT2D eigenvalue weighted by molar-refractivity contribution is -0.161. The number of nitrogens with one attached hydrogen (secondary N) is 1. The lowest BCUT2D eigenvalue weighted by Crippen LogP contribution is -2.22. The lowest BCUT2D eigenvalue weighted by Gasteiger charge is -2.14. The highest BCUT2D eigenvalue weighted by atomic mass is 32.2. The van der Waals surface area contributed by atoms with Crippen molar-refractivity contribution in [3.05, 3.63) is 29.6 Å². The van der Waals surface area contributed by atoms with Gasteiger partial charge in [-0.3, -0.25) is 9.48 Å². The van der Waals surface area contributed by atoms with Gasteiger partial charge in [-0.15, -0.1) is 5.10 Å². The zero-order valence-electron chi connectivity index (χ0n) is 17.5. The molecule has 1 aliphatic rings. The summed E-state index contributed by atoms with van der Waals surface area (Å²) >= 11 is 0. The van der Waals surface area contributed by atoms with Gasteiger partial charge >= 0.3 is 6.11 Å². The fourth-order valence-corrected chi connectivity index (χ4v) is 4.13. The van der Waals surface area contributed by atoms with Crippen LogP contribution < -0.4 is 10.1 Å². The summed E-state index contributed by atoms with van der Waals surface area (Å²) in [4.78, 5) is 16.7. The zero-order chi connectivity index (χ0) is 23.9. The maximum Gasteiger partial charge on any atom is 0.396 e. The maximum atomic E-state index is 13.6. The van der Waals surface area contributed by atoms with Crippen LogP contribution in [0.5, 0.6) is 5.88 Å². The zero-order valence-corrected chi connectivity index (χ0v) is 18.3. The standard InChI is InChI=1S/C19H22F4N4O4S/c1-11-15(16(28)25-13-5-7-24-14(8-13)32(3,29)30)27(26-17(11)31-18(2,20)21)10-12-4-6-19(22,23)9-12/h5,7-8,12H,4,6,9-10H2,1-3H3,(H,24,25,28). The lowest BCUT2D eigenvalue weighted by atomic mass is 10.1. The highest BCUT2D eigenvalue weighted by Crippen LogP contribution is 2.40. The van der Waals surface area contributed by atoms with Gasteiger partial charge in [0.25, 0.3) is 5.91 Å². The molecule has 13 heteroatoms. The van der Waals surface area contributed by atoms with Crippen LogP contribution in [0.25, 0.3) is 0 Å². The quantitative estimate of drug-likeness (QED) is 0.609. The molecule has 1 saturated carbocycles. The minimum absolute atomic E-state index is 0.00817. The Morgan fingerprint density at radius 1 is 1.41 bits per heavy atom. The highest BCUT2D eigenvalue weighted by Gasteiger charge is 2.40. The fraction of sp³-hybridized carbons (Fsp3) is 0.526. The third kappa shape index (κ3) is 5.75. The smallest absolute Gasteiger partial charge is 0.396 e. The molecule has 1 fully saturated rings. The molecule has 0 aromatic carbocycles. The number of ether oxygens (including phenoxy) is 1. The molecule has 1 aliphatic carbocycles. The van der Waals surface area contributed by atoms with Crippen molar-refractivity contribution in [1.82, 2.24) is 14.8 Å². The first kappa shape index (κ1) is 24.0. The van der Waals surface area contributed by atoms with Gasteiger partial charge in [0.15, 0.2) is 14.9 Å². The van der Waals surface area contributed by atoms with E-state index in [0.29, 0.717) is 6.92 Å². The third-order valence-electron chi connectivity index (χ3n) is 4.95. The molecule has 1 unspecified atom stereocenters. The summed E-state index contributed by atoms with van der Waals surface area (Å²) in [6, 6.07) is 2.48. The molecule has 0 radical (unpaired) electrons. The van der Waals surface area contributed by atoms with E-state index in [9.17, 15) is 30.8 Å². The average molecular weight is 478 g/mol. The molecule has 32 heavy (non-hydrogen) atoms. The van der Waals surface area contributed by atoms with Gasteiger partial charge in [-0.2, -0.15) is 8.78 Å². The molecule has 0 spiro atoms. The first-order valence-corrected chi connectivity index (χ1v) is 11.5. The molecule has 0 aliphatic heterocycles. The Labute approximate surface area is 181 Å². The van der Waals surface area contributed by atoms with Crippen LogP contribution in [0.15, 0.2) is 23.4 Å². The van der Waals surface area contributed by atoms with Crippen molar-refractivity contribution >= 4 is 21.4 Å². The van der Waals surface area contributed by atoms with Gasteiger partial charge in [-0.25, -0.2) is 22.2 Å². The first-order valence-electron chi connectivity index (χ1n) is 9.64. The molecule has 176 valence electrons. The van der Waals surface area contributed by atoms with E-state index < -0.39 is 46.0 Å². The second-order valence-corrected chi connectivity index (χ2v) is 9.91. The van der Waals surface area contributed by atoms with E-state index in [-0.39, 0.29) is 41.4 Å². The third-order valence-corrected chi connectivity index (χ3v) is 5.93. The monoisotopic (exact) mass is 478 g/mol. The van der Waals surface area contributed by atoms with Crippen LogP contribution in [-0.2, 0) is 16.4 Å². The van der Waals surface area contributed by atoms with Crippen molar-refractivity contribution in [1.29, 1.82) is 0 Å². The van der Waals surface area contributed by atoms with Gasteiger partial charge in [0.1, 0.15) is 5.69 Å². The van der Waals surface area contributed by atoms with Crippen LogP contribution in [0.2, 0.25) is 0 Å². The van der Waals surface area contributed by atoms with Crippen LogP contribution >= 0.6 is 0 Å². The molecule has 8 nitrogen and oxygen atoms in total. The molecule has 2 aromatic rings. The van der Waals surface area contributed by atoms with Crippen molar-refractivity contribution in [2.24, 2.45) is 5.92 Å². The molecular formula is C19H22F4N4O4S. The van der Waals surface area contributed by atoms with Crippen molar-refractivity contribution in [3.63, 3.8) is 0 Å². The van der Waals surface area contributed by atoms with Gasteiger partial charge in [-0.05, 0) is 31.4 Å². The summed E-state index contributed by atoms with van der Waals surface area (Å²) in [5.74, 6) is -4.63. The number of carbonyl (C=O) groups excluding carboxylic acids is 1. The Kier molecular flexibility index (Phi) is 6.24. The Morgan fingerprint density at radius 2 is 2.09 bits per heavy atom. The molecular weight excluding hydrogens is 456 g/mol. The Hall–Kier alpha value is -2.70. The SMILES string of the molecule is Cc1c(OC(C)(F)F)nn(CC2CCC(F)(F)C2)c1C(=O)Nc1ccnc(S(C)(=O)=O)c1. The van der Waals surface area contributed by atoms with E-state index in [1.54, 1.807) is 0 Å². The number of anilines is 1. The minimum atomic E-state index is -3.64. The normalized spacial score (nSPS) is 18.5. The van der Waals surface area contributed by atoms with E-state index in [0.717, 1.165) is 17.0 Å². The maximum absolute atomic E-state index is 13.6. The van der Waals surface area contributed by atoms with Crippen molar-refractivity contribution in [3.8, 4) is 5.88 Å². The number of aromatic nitrogens is 3. The van der Waals surface area contributed by atoms with Crippen molar-refractivity contribution < 1.29 is 35.5 Å². The molecule has 2 aromatic heterocycles. The van der Waals surface area contributed by atoms with Gasteiger partial charge in [0, 0.05) is 50.0 Å². The van der Waals surface area contributed by atoms with Crippen molar-refractivity contribution in [2.75, 3.05) is 11.6 Å². The van der Waals surface area contributed by atoms with Crippen LogP contribution in [0, 0.1) is 12.8 Å². The van der Waals surface area contributed by atoms with Crippen molar-refractivity contribution in [2.45, 2.75) is 56.7 Å².